The second-order valence-corrected chi connectivity index (χ2v) is 7.38. The van der Waals surface area contributed by atoms with E-state index >= 15 is 0 Å². The van der Waals surface area contributed by atoms with Crippen molar-refractivity contribution in [3.05, 3.63) is 21.9 Å². The van der Waals surface area contributed by atoms with Crippen LogP contribution in [0, 0.1) is 0 Å². The van der Waals surface area contributed by atoms with Gasteiger partial charge in [-0.15, -0.1) is 11.3 Å². The van der Waals surface area contributed by atoms with Gasteiger partial charge in [0.05, 0.1) is 6.54 Å². The Morgan fingerprint density at radius 1 is 1.13 bits per heavy atom. The van der Waals surface area contributed by atoms with Gasteiger partial charge in [0.25, 0.3) is 0 Å². The van der Waals surface area contributed by atoms with Gasteiger partial charge in [0, 0.05) is 58.2 Å². The molecule has 0 unspecified atom stereocenters. The Balaban J connectivity index is 1.48. The highest BCUT2D eigenvalue weighted by Gasteiger charge is 2.27. The van der Waals surface area contributed by atoms with Crippen molar-refractivity contribution >= 4 is 23.3 Å². The predicted octanol–water partition coefficient (Wildman–Crippen LogP) is 0.932. The molecule has 3 amide bonds. The van der Waals surface area contributed by atoms with Crippen molar-refractivity contribution in [2.45, 2.75) is 13.0 Å². The minimum atomic E-state index is 0.0260. The highest BCUT2D eigenvalue weighted by Crippen LogP contribution is 2.23. The van der Waals surface area contributed by atoms with Crippen LogP contribution in [0.25, 0.3) is 0 Å². The minimum Gasteiger partial charge on any atom is -0.338 e. The van der Waals surface area contributed by atoms with Crippen LogP contribution in [0.15, 0.2) is 11.4 Å². The average molecular weight is 336 g/mol. The van der Waals surface area contributed by atoms with E-state index in [4.69, 9.17) is 0 Å². The topological polar surface area (TPSA) is 47.1 Å². The van der Waals surface area contributed by atoms with Gasteiger partial charge in [0.1, 0.15) is 0 Å². The molecule has 0 aliphatic carbocycles. The van der Waals surface area contributed by atoms with Crippen LogP contribution in [0.5, 0.6) is 0 Å². The van der Waals surface area contributed by atoms with Crippen molar-refractivity contribution in [1.82, 2.24) is 19.6 Å². The number of rotatable bonds is 2. The largest absolute Gasteiger partial charge is 0.338 e. The fraction of sp³-hybridized carbons (Fsp3) is 0.625. The van der Waals surface area contributed by atoms with Crippen molar-refractivity contribution in [2.24, 2.45) is 0 Å². The van der Waals surface area contributed by atoms with Gasteiger partial charge in [0.2, 0.25) is 5.91 Å². The Morgan fingerprint density at radius 2 is 1.83 bits per heavy atom. The lowest BCUT2D eigenvalue weighted by molar-refractivity contribution is -0.134. The zero-order valence-corrected chi connectivity index (χ0v) is 14.6. The number of nitrogens with zero attached hydrogens (tertiary/aromatic N) is 4. The molecule has 7 heteroatoms. The smallest absolute Gasteiger partial charge is 0.319 e. The fourth-order valence-electron chi connectivity index (χ4n) is 3.16. The minimum absolute atomic E-state index is 0.0260. The van der Waals surface area contributed by atoms with Gasteiger partial charge >= 0.3 is 6.03 Å². The van der Waals surface area contributed by atoms with Crippen LogP contribution in [0.3, 0.4) is 0 Å². The second-order valence-electron chi connectivity index (χ2n) is 6.37. The van der Waals surface area contributed by atoms with Crippen LogP contribution < -0.4 is 0 Å². The van der Waals surface area contributed by atoms with E-state index in [9.17, 15) is 9.59 Å². The molecule has 0 radical (unpaired) electrons. The third-order valence-corrected chi connectivity index (χ3v) is 5.55. The Morgan fingerprint density at radius 3 is 2.52 bits per heavy atom. The molecule has 0 N–H and O–H groups in total. The Labute approximate surface area is 141 Å². The summed E-state index contributed by atoms with van der Waals surface area (Å²) in [4.78, 5) is 33.4. The summed E-state index contributed by atoms with van der Waals surface area (Å²) in [6.45, 7) is 4.83. The van der Waals surface area contributed by atoms with Crippen molar-refractivity contribution < 1.29 is 9.59 Å². The van der Waals surface area contributed by atoms with Gasteiger partial charge in [-0.2, -0.15) is 0 Å². The van der Waals surface area contributed by atoms with Crippen LogP contribution in [0.2, 0.25) is 0 Å². The SMILES string of the molecule is CN(C)C(=O)N1CCN(C(=O)CN2CCc3sccc3C2)CC1. The first-order valence-corrected chi connectivity index (χ1v) is 8.94. The lowest BCUT2D eigenvalue weighted by atomic mass is 10.1. The number of fused-ring (bicyclic) bond motifs is 1. The van der Waals surface area contributed by atoms with Crippen LogP contribution in [0.4, 0.5) is 4.79 Å². The number of thiophene rings is 1. The summed E-state index contributed by atoms with van der Waals surface area (Å²) >= 11 is 1.82. The molecule has 6 nitrogen and oxygen atoms in total. The molecule has 0 spiro atoms. The summed E-state index contributed by atoms with van der Waals surface area (Å²) in [6, 6.07) is 2.19. The van der Waals surface area contributed by atoms with E-state index in [1.165, 1.54) is 10.4 Å². The summed E-state index contributed by atoms with van der Waals surface area (Å²) in [6.07, 6.45) is 1.05. The molecule has 1 fully saturated rings. The summed E-state index contributed by atoms with van der Waals surface area (Å²) in [7, 11) is 3.52. The van der Waals surface area contributed by atoms with Crippen LogP contribution in [0.1, 0.15) is 10.4 Å². The highest BCUT2D eigenvalue weighted by molar-refractivity contribution is 7.10. The first-order valence-electron chi connectivity index (χ1n) is 8.06. The van der Waals surface area contributed by atoms with Crippen LogP contribution in [-0.2, 0) is 17.8 Å². The molecule has 1 saturated heterocycles. The number of carbonyl (C=O) groups is 2. The van der Waals surface area contributed by atoms with Crippen LogP contribution >= 0.6 is 11.3 Å². The van der Waals surface area contributed by atoms with E-state index in [1.54, 1.807) is 19.0 Å². The molecule has 0 aromatic carbocycles. The maximum absolute atomic E-state index is 12.5. The summed E-state index contributed by atoms with van der Waals surface area (Å²) in [5, 5.41) is 2.14. The third-order valence-electron chi connectivity index (χ3n) is 4.53. The Kier molecular flexibility index (Phi) is 4.87. The lowest BCUT2D eigenvalue weighted by Crippen LogP contribution is -2.54. The number of hydrogen-bond donors (Lipinski definition) is 0. The van der Waals surface area contributed by atoms with E-state index in [2.05, 4.69) is 16.3 Å². The van der Waals surface area contributed by atoms with Crippen LogP contribution in [-0.4, -0.2) is 84.9 Å². The third kappa shape index (κ3) is 3.67. The first-order chi connectivity index (χ1) is 11.0. The average Bonchev–Trinajstić information content (AvgIpc) is 3.01. The predicted molar refractivity (Wildman–Crippen MR) is 90.5 cm³/mol. The summed E-state index contributed by atoms with van der Waals surface area (Å²) in [5.74, 6) is 0.181. The van der Waals surface area contributed by atoms with E-state index in [0.29, 0.717) is 32.7 Å². The number of hydrogen-bond acceptors (Lipinski definition) is 4. The van der Waals surface area contributed by atoms with Gasteiger partial charge < -0.3 is 14.7 Å². The fourth-order valence-corrected chi connectivity index (χ4v) is 4.05. The molecule has 3 heterocycles. The molecule has 23 heavy (non-hydrogen) atoms. The van der Waals surface area contributed by atoms with E-state index < -0.39 is 0 Å². The van der Waals surface area contributed by atoms with Gasteiger partial charge in [0.15, 0.2) is 0 Å². The molecular formula is C16H24N4O2S. The normalized spacial score (nSPS) is 18.7. The highest BCUT2D eigenvalue weighted by atomic mass is 32.1. The molecule has 3 rings (SSSR count). The van der Waals surface area contributed by atoms with E-state index in [0.717, 1.165) is 19.5 Å². The number of amides is 3. The van der Waals surface area contributed by atoms with Gasteiger partial charge in [-0.05, 0) is 23.4 Å². The Bertz CT molecular complexity index is 578. The van der Waals surface area contributed by atoms with E-state index in [1.807, 2.05) is 21.1 Å². The number of carbonyl (C=O) groups excluding carboxylic acids is 2. The molecule has 0 atom stereocenters. The zero-order valence-electron chi connectivity index (χ0n) is 13.8. The molecule has 1 aromatic rings. The zero-order chi connectivity index (χ0) is 16.4. The molecular weight excluding hydrogens is 312 g/mol. The van der Waals surface area contributed by atoms with Crippen molar-refractivity contribution in [1.29, 1.82) is 0 Å². The Hall–Kier alpha value is -1.60. The monoisotopic (exact) mass is 336 g/mol. The maximum Gasteiger partial charge on any atom is 0.319 e. The molecule has 2 aliphatic rings. The van der Waals surface area contributed by atoms with Gasteiger partial charge in [-0.25, -0.2) is 4.79 Å². The number of piperazine rings is 1. The molecule has 0 bridgehead atoms. The quantitative estimate of drug-likeness (QED) is 0.807. The van der Waals surface area contributed by atoms with Crippen molar-refractivity contribution in [3.63, 3.8) is 0 Å². The molecule has 2 aliphatic heterocycles. The van der Waals surface area contributed by atoms with Gasteiger partial charge in [-0.1, -0.05) is 0 Å². The summed E-state index contributed by atoms with van der Waals surface area (Å²) < 4.78 is 0. The standard InChI is InChI=1S/C16H24N4O2S/c1-17(2)16(22)20-8-6-19(7-9-20)15(21)12-18-5-3-14-13(11-18)4-10-23-14/h4,10H,3,5-9,11-12H2,1-2H3. The summed E-state index contributed by atoms with van der Waals surface area (Å²) in [5.41, 5.74) is 1.37. The van der Waals surface area contributed by atoms with E-state index in [-0.39, 0.29) is 11.9 Å². The number of urea groups is 1. The second kappa shape index (κ2) is 6.88. The maximum atomic E-state index is 12.5. The van der Waals surface area contributed by atoms with Crippen molar-refractivity contribution in [2.75, 3.05) is 53.4 Å². The lowest BCUT2D eigenvalue weighted by Gasteiger charge is -2.37. The molecule has 0 saturated carbocycles. The molecule has 1 aromatic heterocycles. The van der Waals surface area contributed by atoms with Crippen molar-refractivity contribution in [3.8, 4) is 0 Å². The van der Waals surface area contributed by atoms with Gasteiger partial charge in [-0.3, -0.25) is 9.69 Å². The first kappa shape index (κ1) is 16.3. The molecule has 126 valence electrons.